The van der Waals surface area contributed by atoms with E-state index in [4.69, 9.17) is 4.42 Å². The Morgan fingerprint density at radius 1 is 1.03 bits per heavy atom. The third-order valence-electron chi connectivity index (χ3n) is 5.25. The molecule has 1 heterocycles. The highest BCUT2D eigenvalue weighted by Crippen LogP contribution is 2.29. The molecule has 1 unspecified atom stereocenters. The average molecular weight is 498 g/mol. The summed E-state index contributed by atoms with van der Waals surface area (Å²) in [7, 11) is 3.42. The van der Waals surface area contributed by atoms with Gasteiger partial charge < -0.3 is 4.42 Å². The summed E-state index contributed by atoms with van der Waals surface area (Å²) in [5.74, 6) is 1.67. The van der Waals surface area contributed by atoms with Gasteiger partial charge in [-0.1, -0.05) is 59.2 Å². The number of oxazole rings is 1. The lowest BCUT2D eigenvalue weighted by molar-refractivity contribution is 0.111. The minimum atomic E-state index is -0.449. The van der Waals surface area contributed by atoms with E-state index < -0.39 is 5.82 Å². The number of hydrogen-bond donors (Lipinski definition) is 0. The summed E-state index contributed by atoms with van der Waals surface area (Å²) in [6.07, 6.45) is 7.30. The van der Waals surface area contributed by atoms with Gasteiger partial charge in [0.2, 0.25) is 0 Å². The number of halogens is 1. The fourth-order valence-electron chi connectivity index (χ4n) is 3.19. The predicted octanol–water partition coefficient (Wildman–Crippen LogP) is 8.43. The molecule has 36 heavy (non-hydrogen) atoms. The lowest BCUT2D eigenvalue weighted by Crippen LogP contribution is -2.00. The first-order valence-corrected chi connectivity index (χ1v) is 12.7. The second kappa shape index (κ2) is 19.1. The molecule has 0 radical (unpaired) electrons. The van der Waals surface area contributed by atoms with Crippen LogP contribution in [0.25, 0.3) is 11.1 Å². The number of carbonyl (C=O) groups excluding carboxylic acids is 1. The number of fused-ring (bicyclic) bond motifs is 1. The van der Waals surface area contributed by atoms with E-state index >= 15 is 0 Å². The number of nitrogens with zero attached hydrogens (tertiary/aromatic N) is 3. The Hall–Kier alpha value is -3.15. The Morgan fingerprint density at radius 2 is 1.67 bits per heavy atom. The van der Waals surface area contributed by atoms with Crippen molar-refractivity contribution in [2.45, 2.75) is 73.6 Å². The van der Waals surface area contributed by atoms with Crippen LogP contribution in [-0.4, -0.2) is 37.8 Å². The van der Waals surface area contributed by atoms with Gasteiger partial charge >= 0.3 is 0 Å². The zero-order valence-electron chi connectivity index (χ0n) is 23.5. The van der Waals surface area contributed by atoms with Gasteiger partial charge in [-0.2, -0.15) is 0 Å². The van der Waals surface area contributed by atoms with Crippen molar-refractivity contribution >= 4 is 29.8 Å². The number of hydrogen-bond acceptors (Lipinski definition) is 5. The minimum Gasteiger partial charge on any atom is -0.440 e. The second-order valence-corrected chi connectivity index (χ2v) is 8.50. The highest BCUT2D eigenvalue weighted by molar-refractivity contribution is 6.15. The quantitative estimate of drug-likeness (QED) is 0.243. The monoisotopic (exact) mass is 497 g/mol. The maximum atomic E-state index is 12.6. The van der Waals surface area contributed by atoms with Gasteiger partial charge in [-0.3, -0.25) is 14.8 Å². The Bertz CT molecular complexity index is 1040. The van der Waals surface area contributed by atoms with Crippen molar-refractivity contribution in [1.29, 1.82) is 0 Å². The Kier molecular flexibility index (Phi) is 17.4. The van der Waals surface area contributed by atoms with Crippen LogP contribution in [0.1, 0.15) is 87.2 Å². The lowest BCUT2D eigenvalue weighted by atomic mass is 9.96. The molecule has 0 bridgehead atoms. The Balaban J connectivity index is 0.000000573. The zero-order chi connectivity index (χ0) is 27.5. The normalized spacial score (nSPS) is 11.4. The fourth-order valence-corrected chi connectivity index (χ4v) is 3.19. The number of aldehydes is 1. The van der Waals surface area contributed by atoms with Gasteiger partial charge in [-0.25, -0.2) is 9.37 Å². The van der Waals surface area contributed by atoms with E-state index in [0.717, 1.165) is 29.3 Å². The van der Waals surface area contributed by atoms with Crippen LogP contribution in [0, 0.1) is 25.6 Å². The molecule has 1 atom stereocenters. The molecule has 6 heteroatoms. The number of carbonyl (C=O) groups is 1. The number of aliphatic imine (C=N–C) groups is 2. The van der Waals surface area contributed by atoms with Crippen molar-refractivity contribution in [3.63, 3.8) is 0 Å². The summed E-state index contributed by atoms with van der Waals surface area (Å²) in [6.45, 7) is 14.5. The van der Waals surface area contributed by atoms with Crippen LogP contribution in [0.3, 0.4) is 0 Å². The SMILES string of the molecule is CC.CCC(CCC(C)C)c1nc2cc(C)ccc2o1.CN=CC=NC.Cc1cccc(F)c1C=O. The summed E-state index contributed by atoms with van der Waals surface area (Å²) >= 11 is 0. The van der Waals surface area contributed by atoms with E-state index in [0.29, 0.717) is 17.8 Å². The van der Waals surface area contributed by atoms with E-state index in [1.165, 1.54) is 24.5 Å². The van der Waals surface area contributed by atoms with Crippen molar-refractivity contribution in [3.8, 4) is 0 Å². The molecule has 2 aromatic carbocycles. The summed E-state index contributed by atoms with van der Waals surface area (Å²) < 4.78 is 18.5. The van der Waals surface area contributed by atoms with Crippen molar-refractivity contribution in [2.24, 2.45) is 15.9 Å². The van der Waals surface area contributed by atoms with Gasteiger partial charge in [0.15, 0.2) is 17.8 Å². The van der Waals surface area contributed by atoms with Crippen molar-refractivity contribution in [1.82, 2.24) is 4.98 Å². The first kappa shape index (κ1) is 32.8. The van der Waals surface area contributed by atoms with Gasteiger partial charge in [0.1, 0.15) is 11.3 Å². The summed E-state index contributed by atoms with van der Waals surface area (Å²) in [5, 5.41) is 0. The molecule has 3 aromatic rings. The average Bonchev–Trinajstić information content (AvgIpc) is 3.28. The number of aryl methyl sites for hydroxylation is 2. The van der Waals surface area contributed by atoms with E-state index in [-0.39, 0.29) is 5.56 Å². The molecule has 0 saturated heterocycles. The molecular weight excluding hydrogens is 453 g/mol. The molecular formula is C30H44FN3O2. The van der Waals surface area contributed by atoms with Crippen LogP contribution in [-0.2, 0) is 0 Å². The van der Waals surface area contributed by atoms with E-state index in [9.17, 15) is 9.18 Å². The third-order valence-corrected chi connectivity index (χ3v) is 5.25. The maximum absolute atomic E-state index is 12.6. The van der Waals surface area contributed by atoms with Gasteiger partial charge in [0.05, 0.1) is 5.56 Å². The fraction of sp³-hybridized carbons (Fsp3) is 0.467. The minimum absolute atomic E-state index is 0.155. The largest absolute Gasteiger partial charge is 0.440 e. The number of aromatic nitrogens is 1. The molecule has 5 nitrogen and oxygen atoms in total. The van der Waals surface area contributed by atoms with Gasteiger partial charge in [-0.15, -0.1) is 0 Å². The summed E-state index contributed by atoms with van der Waals surface area (Å²) in [4.78, 5) is 22.2. The molecule has 0 aliphatic rings. The van der Waals surface area contributed by atoms with Crippen LogP contribution in [0.2, 0.25) is 0 Å². The molecule has 198 valence electrons. The standard InChI is InChI=1S/C16H23NO.C8H7FO.C4H8N2.C2H6/c1-5-13(8-6-11(2)3)16-17-14-10-12(4)7-9-15(14)18-16;1-6-3-2-4-8(9)7(6)5-10;1-5-3-4-6-2;1-2/h7,9-11,13H,5-6,8H2,1-4H3;2-5H,1H3;3-4H,1-2H3;1-2H3. The molecule has 3 rings (SSSR count). The smallest absolute Gasteiger partial charge is 0.198 e. The van der Waals surface area contributed by atoms with Gasteiger partial charge in [0.25, 0.3) is 0 Å². The van der Waals surface area contributed by atoms with Crippen LogP contribution in [0.15, 0.2) is 50.8 Å². The van der Waals surface area contributed by atoms with E-state index in [1.807, 2.05) is 19.9 Å². The van der Waals surface area contributed by atoms with E-state index in [2.05, 4.69) is 54.8 Å². The Morgan fingerprint density at radius 3 is 2.14 bits per heavy atom. The van der Waals surface area contributed by atoms with Crippen molar-refractivity contribution in [3.05, 3.63) is 64.8 Å². The topological polar surface area (TPSA) is 67.8 Å². The first-order chi connectivity index (χ1) is 17.3. The van der Waals surface area contributed by atoms with Crippen LogP contribution >= 0.6 is 0 Å². The molecule has 0 aliphatic carbocycles. The molecule has 0 amide bonds. The number of rotatable bonds is 7. The number of benzene rings is 2. The van der Waals surface area contributed by atoms with Gasteiger partial charge in [-0.05, 0) is 61.9 Å². The highest BCUT2D eigenvalue weighted by atomic mass is 19.1. The second-order valence-electron chi connectivity index (χ2n) is 8.50. The third kappa shape index (κ3) is 12.0. The molecule has 0 fully saturated rings. The van der Waals surface area contributed by atoms with E-state index in [1.54, 1.807) is 45.6 Å². The lowest BCUT2D eigenvalue weighted by Gasteiger charge is -2.12. The zero-order valence-corrected chi connectivity index (χ0v) is 23.5. The summed E-state index contributed by atoms with van der Waals surface area (Å²) in [6, 6.07) is 10.8. The highest BCUT2D eigenvalue weighted by Gasteiger charge is 2.16. The summed E-state index contributed by atoms with van der Waals surface area (Å²) in [5.41, 5.74) is 3.97. The van der Waals surface area contributed by atoms with Crippen LogP contribution in [0.5, 0.6) is 0 Å². The molecule has 0 saturated carbocycles. The predicted molar refractivity (Wildman–Crippen MR) is 153 cm³/mol. The van der Waals surface area contributed by atoms with Crippen molar-refractivity contribution in [2.75, 3.05) is 14.1 Å². The van der Waals surface area contributed by atoms with Crippen molar-refractivity contribution < 1.29 is 13.6 Å². The first-order valence-electron chi connectivity index (χ1n) is 12.7. The van der Waals surface area contributed by atoms with Crippen LogP contribution < -0.4 is 0 Å². The molecule has 1 aromatic heterocycles. The Labute approximate surface area is 217 Å². The molecule has 0 aliphatic heterocycles. The molecule has 0 N–H and O–H groups in total. The molecule has 0 spiro atoms. The van der Waals surface area contributed by atoms with Gasteiger partial charge in [0, 0.05) is 32.4 Å². The van der Waals surface area contributed by atoms with Crippen LogP contribution in [0.4, 0.5) is 4.39 Å². The maximum Gasteiger partial charge on any atom is 0.198 e.